The van der Waals surface area contributed by atoms with E-state index in [1.54, 1.807) is 36.4 Å². The number of rotatable bonds is 7. The first kappa shape index (κ1) is 20.5. The van der Waals surface area contributed by atoms with Gasteiger partial charge in [0.05, 0.1) is 12.5 Å². The number of benzene rings is 2. The monoisotopic (exact) mass is 416 g/mol. The summed E-state index contributed by atoms with van der Waals surface area (Å²) in [5.41, 5.74) is 1.76. The summed E-state index contributed by atoms with van der Waals surface area (Å²) in [6, 6.07) is 12.0. The number of amides is 1. The molecule has 29 heavy (non-hydrogen) atoms. The maximum atomic E-state index is 13.0. The molecule has 0 spiro atoms. The van der Waals surface area contributed by atoms with Gasteiger partial charge in [-0.15, -0.1) is 0 Å². The third kappa shape index (κ3) is 5.89. The van der Waals surface area contributed by atoms with Crippen LogP contribution in [0.1, 0.15) is 30.6 Å². The van der Waals surface area contributed by atoms with E-state index in [2.05, 4.69) is 10.3 Å². The van der Waals surface area contributed by atoms with E-state index >= 15 is 0 Å². The van der Waals surface area contributed by atoms with Crippen LogP contribution in [0, 0.1) is 5.82 Å². The maximum Gasteiger partial charge on any atom is 0.308 e. The summed E-state index contributed by atoms with van der Waals surface area (Å²) in [5, 5.41) is 3.28. The number of carbonyl (C=O) groups excluding carboxylic acids is 2. The molecule has 1 aromatic heterocycles. The van der Waals surface area contributed by atoms with E-state index < -0.39 is 12.0 Å². The largest absolute Gasteiger partial charge is 0.459 e. The number of hydrogen-bond donors (Lipinski definition) is 1. The number of carbonyl (C=O) groups is 2. The molecule has 0 aliphatic carbocycles. The second-order valence-corrected chi connectivity index (χ2v) is 6.76. The number of nitrogens with one attached hydrogen (secondary N) is 1. The zero-order valence-electron chi connectivity index (χ0n) is 15.5. The molecule has 8 heteroatoms. The summed E-state index contributed by atoms with van der Waals surface area (Å²) in [5.74, 6) is -0.833. The number of halogens is 2. The molecule has 1 N–H and O–H groups in total. The minimum atomic E-state index is -0.538. The molecule has 150 valence electrons. The highest BCUT2D eigenvalue weighted by Gasteiger charge is 2.19. The molecule has 1 unspecified atom stereocenters. The van der Waals surface area contributed by atoms with Crippen molar-refractivity contribution in [1.82, 2.24) is 10.3 Å². The van der Waals surface area contributed by atoms with Crippen molar-refractivity contribution >= 4 is 23.5 Å². The predicted molar refractivity (Wildman–Crippen MR) is 104 cm³/mol. The molecule has 0 aliphatic heterocycles. The molecule has 0 aliphatic rings. The second-order valence-electron chi connectivity index (χ2n) is 6.32. The summed E-state index contributed by atoms with van der Waals surface area (Å²) in [6.45, 7) is 1.29. The Bertz CT molecular complexity index is 987. The zero-order chi connectivity index (χ0) is 20.8. The van der Waals surface area contributed by atoms with Gasteiger partial charge in [-0.1, -0.05) is 23.7 Å². The molecule has 3 rings (SSSR count). The van der Waals surface area contributed by atoms with E-state index in [0.29, 0.717) is 22.2 Å². The van der Waals surface area contributed by atoms with Crippen LogP contribution in [0.15, 0.2) is 59.2 Å². The van der Waals surface area contributed by atoms with Gasteiger partial charge in [0.15, 0.2) is 0 Å². The van der Waals surface area contributed by atoms with Crippen molar-refractivity contribution in [2.45, 2.75) is 26.0 Å². The van der Waals surface area contributed by atoms with Crippen molar-refractivity contribution in [3.63, 3.8) is 0 Å². The van der Waals surface area contributed by atoms with Crippen LogP contribution >= 0.6 is 11.6 Å². The van der Waals surface area contributed by atoms with Gasteiger partial charge in [-0.05, 0) is 42.0 Å². The lowest BCUT2D eigenvalue weighted by molar-refractivity contribution is -0.145. The molecule has 0 radical (unpaired) electrons. The third-order valence-electron chi connectivity index (χ3n) is 4.04. The van der Waals surface area contributed by atoms with Crippen molar-refractivity contribution in [1.29, 1.82) is 0 Å². The van der Waals surface area contributed by atoms with Crippen molar-refractivity contribution in [3.8, 4) is 11.5 Å². The minimum Gasteiger partial charge on any atom is -0.459 e. The fourth-order valence-electron chi connectivity index (χ4n) is 2.67. The van der Waals surface area contributed by atoms with Gasteiger partial charge in [-0.25, -0.2) is 9.37 Å². The molecule has 2 aromatic carbocycles. The average molecular weight is 417 g/mol. The molecular weight excluding hydrogens is 399 g/mol. The van der Waals surface area contributed by atoms with Gasteiger partial charge in [-0.3, -0.25) is 9.59 Å². The Kier molecular flexibility index (Phi) is 6.61. The first-order valence-corrected chi connectivity index (χ1v) is 9.17. The summed E-state index contributed by atoms with van der Waals surface area (Å²) >= 11 is 5.89. The number of oxazole rings is 1. The summed E-state index contributed by atoms with van der Waals surface area (Å²) < 4.78 is 23.6. The van der Waals surface area contributed by atoms with Crippen LogP contribution in [-0.2, 0) is 20.9 Å². The van der Waals surface area contributed by atoms with E-state index in [0.717, 1.165) is 5.56 Å². The maximum absolute atomic E-state index is 13.0. The molecule has 3 aromatic rings. The van der Waals surface area contributed by atoms with E-state index in [1.807, 2.05) is 0 Å². The van der Waals surface area contributed by atoms with E-state index in [9.17, 15) is 14.0 Å². The highest BCUT2D eigenvalue weighted by Crippen LogP contribution is 2.22. The zero-order valence-corrected chi connectivity index (χ0v) is 16.3. The SMILES string of the molecule is CC(=O)NC(CC(=O)OCc1coc(-c2ccc(F)cc2)n1)c1ccc(Cl)cc1. The van der Waals surface area contributed by atoms with Crippen molar-refractivity contribution in [2.24, 2.45) is 0 Å². The molecule has 1 atom stereocenters. The molecule has 1 heterocycles. The molecule has 1 amide bonds. The molecule has 0 saturated heterocycles. The summed E-state index contributed by atoms with van der Waals surface area (Å²) in [6.07, 6.45) is 1.32. The van der Waals surface area contributed by atoms with Crippen molar-refractivity contribution in [3.05, 3.63) is 76.9 Å². The Morgan fingerprint density at radius 2 is 1.86 bits per heavy atom. The fraction of sp³-hybridized carbons (Fsp3) is 0.190. The van der Waals surface area contributed by atoms with Gasteiger partial charge >= 0.3 is 5.97 Å². The molecule has 0 saturated carbocycles. The van der Waals surface area contributed by atoms with Gasteiger partial charge in [0.25, 0.3) is 0 Å². The molecule has 0 fully saturated rings. The van der Waals surface area contributed by atoms with Crippen LogP contribution in [0.25, 0.3) is 11.5 Å². The Labute approximate surface area is 171 Å². The summed E-state index contributed by atoms with van der Waals surface area (Å²) in [7, 11) is 0. The van der Waals surface area contributed by atoms with Crippen LogP contribution < -0.4 is 5.32 Å². The van der Waals surface area contributed by atoms with Crippen LogP contribution in [0.3, 0.4) is 0 Å². The number of aromatic nitrogens is 1. The number of ether oxygens (including phenoxy) is 1. The molecule has 6 nitrogen and oxygen atoms in total. The quantitative estimate of drug-likeness (QED) is 0.575. The van der Waals surface area contributed by atoms with Gasteiger partial charge in [0, 0.05) is 17.5 Å². The molecular formula is C21H18ClFN2O4. The lowest BCUT2D eigenvalue weighted by atomic mass is 10.0. The highest BCUT2D eigenvalue weighted by molar-refractivity contribution is 6.30. The van der Waals surface area contributed by atoms with Crippen molar-refractivity contribution in [2.75, 3.05) is 0 Å². The summed E-state index contributed by atoms with van der Waals surface area (Å²) in [4.78, 5) is 28.0. The van der Waals surface area contributed by atoms with Gasteiger partial charge < -0.3 is 14.5 Å². The van der Waals surface area contributed by atoms with Gasteiger partial charge in [0.1, 0.15) is 24.4 Å². The fourth-order valence-corrected chi connectivity index (χ4v) is 2.80. The lowest BCUT2D eigenvalue weighted by Gasteiger charge is -2.17. The first-order chi connectivity index (χ1) is 13.9. The van der Waals surface area contributed by atoms with E-state index in [4.69, 9.17) is 20.8 Å². The Morgan fingerprint density at radius 3 is 2.52 bits per heavy atom. The van der Waals surface area contributed by atoms with Gasteiger partial charge in [-0.2, -0.15) is 0 Å². The normalized spacial score (nSPS) is 11.7. The lowest BCUT2D eigenvalue weighted by Crippen LogP contribution is -2.28. The topological polar surface area (TPSA) is 81.4 Å². The first-order valence-electron chi connectivity index (χ1n) is 8.79. The predicted octanol–water partition coefficient (Wildman–Crippen LogP) is 4.44. The molecule has 0 bridgehead atoms. The standard InChI is InChI=1S/C21H18ClFN2O4/c1-13(26)24-19(14-2-6-16(22)7-3-14)10-20(27)28-11-18-12-29-21(25-18)15-4-8-17(23)9-5-15/h2-9,12,19H,10-11H2,1H3,(H,24,26). The van der Waals surface area contributed by atoms with E-state index in [-0.39, 0.29) is 24.8 Å². The Hall–Kier alpha value is -3.19. The Balaban J connectivity index is 1.59. The van der Waals surface area contributed by atoms with Crippen LogP contribution in [0.5, 0.6) is 0 Å². The number of esters is 1. The van der Waals surface area contributed by atoms with E-state index in [1.165, 1.54) is 25.3 Å². The Morgan fingerprint density at radius 1 is 1.17 bits per heavy atom. The minimum absolute atomic E-state index is 0.0517. The number of hydrogen-bond acceptors (Lipinski definition) is 5. The average Bonchev–Trinajstić information content (AvgIpc) is 3.16. The smallest absolute Gasteiger partial charge is 0.308 e. The second kappa shape index (κ2) is 9.34. The number of nitrogens with zero attached hydrogens (tertiary/aromatic N) is 1. The van der Waals surface area contributed by atoms with Gasteiger partial charge in [0.2, 0.25) is 11.8 Å². The van der Waals surface area contributed by atoms with Crippen molar-refractivity contribution < 1.29 is 23.1 Å². The van der Waals surface area contributed by atoms with Crippen LogP contribution in [-0.4, -0.2) is 16.9 Å². The van der Waals surface area contributed by atoms with Crippen LogP contribution in [0.4, 0.5) is 4.39 Å². The third-order valence-corrected chi connectivity index (χ3v) is 4.30. The highest BCUT2D eigenvalue weighted by atomic mass is 35.5. The van der Waals surface area contributed by atoms with Crippen LogP contribution in [0.2, 0.25) is 5.02 Å².